The zero-order valence-electron chi connectivity index (χ0n) is 8.79. The second kappa shape index (κ2) is 6.03. The highest BCUT2D eigenvalue weighted by atomic mass is 16.3. The van der Waals surface area contributed by atoms with Gasteiger partial charge in [-0.1, -0.05) is 12.1 Å². The Labute approximate surface area is 89.3 Å². The third kappa shape index (κ3) is 3.25. The molecule has 15 heavy (non-hydrogen) atoms. The van der Waals surface area contributed by atoms with Gasteiger partial charge in [0.05, 0.1) is 5.56 Å². The van der Waals surface area contributed by atoms with Gasteiger partial charge in [0.1, 0.15) is 0 Å². The van der Waals surface area contributed by atoms with Crippen LogP contribution in [0.25, 0.3) is 0 Å². The fourth-order valence-electron chi connectivity index (χ4n) is 1.27. The van der Waals surface area contributed by atoms with Crippen LogP contribution in [0.15, 0.2) is 24.3 Å². The van der Waals surface area contributed by atoms with Crippen LogP contribution in [0.5, 0.6) is 0 Å². The van der Waals surface area contributed by atoms with Crippen LogP contribution in [0.1, 0.15) is 16.8 Å². The molecule has 0 bridgehead atoms. The molecule has 4 nitrogen and oxygen atoms in total. The molecule has 1 rings (SSSR count). The molecule has 0 atom stereocenters. The predicted molar refractivity (Wildman–Crippen MR) is 60.0 cm³/mol. The van der Waals surface area contributed by atoms with Gasteiger partial charge >= 0.3 is 0 Å². The first-order chi connectivity index (χ1) is 7.29. The zero-order chi connectivity index (χ0) is 11.1. The number of aliphatic hydroxyl groups is 1. The van der Waals surface area contributed by atoms with Crippen LogP contribution < -0.4 is 10.6 Å². The van der Waals surface area contributed by atoms with Crippen molar-refractivity contribution >= 4 is 11.6 Å². The molecule has 1 aromatic carbocycles. The summed E-state index contributed by atoms with van der Waals surface area (Å²) in [4.78, 5) is 11.5. The standard InChI is InChI=1S/C11H16N2O2/c1-12-11(15)9-5-2-3-6-10(9)13-7-4-8-14/h2-3,5-6,13-14H,4,7-8H2,1H3,(H,12,15). The zero-order valence-corrected chi connectivity index (χ0v) is 8.79. The highest BCUT2D eigenvalue weighted by Gasteiger charge is 2.07. The van der Waals surface area contributed by atoms with Gasteiger partial charge in [-0.25, -0.2) is 0 Å². The number of carbonyl (C=O) groups excluding carboxylic acids is 1. The summed E-state index contributed by atoms with van der Waals surface area (Å²) in [6, 6.07) is 7.30. The summed E-state index contributed by atoms with van der Waals surface area (Å²) < 4.78 is 0. The molecule has 0 saturated heterocycles. The molecule has 0 aliphatic carbocycles. The van der Waals surface area contributed by atoms with E-state index >= 15 is 0 Å². The molecule has 0 aromatic heterocycles. The number of anilines is 1. The lowest BCUT2D eigenvalue weighted by Crippen LogP contribution is -2.19. The molecule has 0 spiro atoms. The average molecular weight is 208 g/mol. The number of nitrogens with one attached hydrogen (secondary N) is 2. The minimum atomic E-state index is -0.109. The SMILES string of the molecule is CNC(=O)c1ccccc1NCCCO. The molecule has 0 heterocycles. The third-order valence-corrected chi connectivity index (χ3v) is 2.05. The minimum absolute atomic E-state index is 0.109. The molecule has 0 aliphatic heterocycles. The molecular formula is C11H16N2O2. The molecule has 0 unspecified atom stereocenters. The fourth-order valence-corrected chi connectivity index (χ4v) is 1.27. The van der Waals surface area contributed by atoms with E-state index in [4.69, 9.17) is 5.11 Å². The maximum atomic E-state index is 11.5. The predicted octanol–water partition coefficient (Wildman–Crippen LogP) is 0.841. The van der Waals surface area contributed by atoms with Crippen LogP contribution in [-0.2, 0) is 0 Å². The molecule has 0 fully saturated rings. The molecule has 1 amide bonds. The first-order valence-corrected chi connectivity index (χ1v) is 4.95. The van der Waals surface area contributed by atoms with E-state index < -0.39 is 0 Å². The minimum Gasteiger partial charge on any atom is -0.396 e. The Balaban J connectivity index is 2.73. The van der Waals surface area contributed by atoms with E-state index in [0.717, 1.165) is 5.69 Å². The second-order valence-electron chi connectivity index (χ2n) is 3.13. The van der Waals surface area contributed by atoms with Gasteiger partial charge in [0, 0.05) is 25.9 Å². The van der Waals surface area contributed by atoms with Gasteiger partial charge in [0.25, 0.3) is 5.91 Å². The Morgan fingerprint density at radius 2 is 2.13 bits per heavy atom. The Hall–Kier alpha value is -1.55. The molecule has 0 aliphatic rings. The lowest BCUT2D eigenvalue weighted by molar-refractivity contribution is 0.0964. The summed E-state index contributed by atoms with van der Waals surface area (Å²) in [5.74, 6) is -0.109. The number of hydrogen-bond acceptors (Lipinski definition) is 3. The van der Waals surface area contributed by atoms with Crippen molar-refractivity contribution in [1.82, 2.24) is 5.32 Å². The van der Waals surface area contributed by atoms with Crippen LogP contribution in [0.2, 0.25) is 0 Å². The van der Waals surface area contributed by atoms with Gasteiger partial charge in [0.2, 0.25) is 0 Å². The first-order valence-electron chi connectivity index (χ1n) is 4.95. The highest BCUT2D eigenvalue weighted by Crippen LogP contribution is 2.14. The summed E-state index contributed by atoms with van der Waals surface area (Å²) in [7, 11) is 1.60. The topological polar surface area (TPSA) is 61.4 Å². The van der Waals surface area contributed by atoms with Crippen molar-refractivity contribution < 1.29 is 9.90 Å². The van der Waals surface area contributed by atoms with Crippen LogP contribution in [0.4, 0.5) is 5.69 Å². The smallest absolute Gasteiger partial charge is 0.253 e. The molecular weight excluding hydrogens is 192 g/mol. The van der Waals surface area contributed by atoms with Crippen molar-refractivity contribution in [2.24, 2.45) is 0 Å². The number of hydrogen-bond donors (Lipinski definition) is 3. The van der Waals surface area contributed by atoms with E-state index in [0.29, 0.717) is 18.5 Å². The molecule has 3 N–H and O–H groups in total. The highest BCUT2D eigenvalue weighted by molar-refractivity contribution is 5.99. The van der Waals surface area contributed by atoms with Crippen molar-refractivity contribution in [2.45, 2.75) is 6.42 Å². The van der Waals surface area contributed by atoms with Gasteiger partial charge in [-0.2, -0.15) is 0 Å². The largest absolute Gasteiger partial charge is 0.396 e. The number of benzene rings is 1. The van der Waals surface area contributed by atoms with E-state index in [1.807, 2.05) is 18.2 Å². The Morgan fingerprint density at radius 1 is 1.40 bits per heavy atom. The van der Waals surface area contributed by atoms with Crippen molar-refractivity contribution in [3.8, 4) is 0 Å². The third-order valence-electron chi connectivity index (χ3n) is 2.05. The average Bonchev–Trinajstić information content (AvgIpc) is 2.29. The number of para-hydroxylation sites is 1. The number of carbonyl (C=O) groups is 1. The summed E-state index contributed by atoms with van der Waals surface area (Å²) in [6.07, 6.45) is 0.669. The monoisotopic (exact) mass is 208 g/mol. The second-order valence-corrected chi connectivity index (χ2v) is 3.13. The van der Waals surface area contributed by atoms with Crippen LogP contribution in [0.3, 0.4) is 0 Å². The number of rotatable bonds is 5. The summed E-state index contributed by atoms with van der Waals surface area (Å²) in [6.45, 7) is 0.805. The van der Waals surface area contributed by atoms with Crippen molar-refractivity contribution in [3.63, 3.8) is 0 Å². The van der Waals surface area contributed by atoms with Crippen molar-refractivity contribution in [1.29, 1.82) is 0 Å². The van der Waals surface area contributed by atoms with Crippen LogP contribution >= 0.6 is 0 Å². The Kier molecular flexibility index (Phi) is 4.63. The number of amides is 1. The van der Waals surface area contributed by atoms with Gasteiger partial charge in [0.15, 0.2) is 0 Å². The molecule has 4 heteroatoms. The lowest BCUT2D eigenvalue weighted by atomic mass is 10.1. The van der Waals surface area contributed by atoms with E-state index in [1.165, 1.54) is 0 Å². The molecule has 82 valence electrons. The lowest BCUT2D eigenvalue weighted by Gasteiger charge is -2.10. The Morgan fingerprint density at radius 3 is 2.80 bits per heavy atom. The van der Waals surface area contributed by atoms with Crippen LogP contribution in [-0.4, -0.2) is 31.2 Å². The van der Waals surface area contributed by atoms with Gasteiger partial charge in [-0.05, 0) is 18.6 Å². The normalized spacial score (nSPS) is 9.73. The van der Waals surface area contributed by atoms with E-state index in [2.05, 4.69) is 10.6 Å². The van der Waals surface area contributed by atoms with Crippen molar-refractivity contribution in [3.05, 3.63) is 29.8 Å². The quantitative estimate of drug-likeness (QED) is 0.628. The number of aliphatic hydroxyl groups excluding tert-OH is 1. The van der Waals surface area contributed by atoms with Crippen LogP contribution in [0, 0.1) is 0 Å². The summed E-state index contributed by atoms with van der Waals surface area (Å²) in [5.41, 5.74) is 1.42. The van der Waals surface area contributed by atoms with E-state index in [1.54, 1.807) is 13.1 Å². The molecule has 0 radical (unpaired) electrons. The van der Waals surface area contributed by atoms with E-state index in [9.17, 15) is 4.79 Å². The maximum Gasteiger partial charge on any atom is 0.253 e. The molecule has 0 saturated carbocycles. The van der Waals surface area contributed by atoms with Gasteiger partial charge in [-0.3, -0.25) is 4.79 Å². The van der Waals surface area contributed by atoms with Crippen molar-refractivity contribution in [2.75, 3.05) is 25.5 Å². The summed E-state index contributed by atoms with van der Waals surface area (Å²) in [5, 5.41) is 14.3. The van der Waals surface area contributed by atoms with Gasteiger partial charge < -0.3 is 15.7 Å². The van der Waals surface area contributed by atoms with E-state index in [-0.39, 0.29) is 12.5 Å². The molecule has 1 aromatic rings. The summed E-state index contributed by atoms with van der Waals surface area (Å²) >= 11 is 0. The fraction of sp³-hybridized carbons (Fsp3) is 0.364. The Bertz CT molecular complexity index is 326. The van der Waals surface area contributed by atoms with Gasteiger partial charge in [-0.15, -0.1) is 0 Å². The maximum absolute atomic E-state index is 11.5. The first kappa shape index (κ1) is 11.5.